The van der Waals surface area contributed by atoms with Crippen LogP contribution in [0, 0.1) is 3.57 Å². The molecule has 0 radical (unpaired) electrons. The topological polar surface area (TPSA) is 64.9 Å². The first-order valence-electron chi connectivity index (χ1n) is 5.37. The summed E-state index contributed by atoms with van der Waals surface area (Å²) in [7, 11) is 5.41. The van der Waals surface area contributed by atoms with Crippen LogP contribution < -0.4 is 5.32 Å². The summed E-state index contributed by atoms with van der Waals surface area (Å²) in [6.45, 7) is 0.459. The van der Waals surface area contributed by atoms with Gasteiger partial charge in [0.15, 0.2) is 5.82 Å². The minimum absolute atomic E-state index is 0.459. The molecule has 0 atom stereocenters. The Labute approximate surface area is 119 Å². The van der Waals surface area contributed by atoms with E-state index in [1.807, 2.05) is 18.7 Å². The zero-order chi connectivity index (χ0) is 13.1. The molecule has 96 valence electrons. The van der Waals surface area contributed by atoms with Crippen molar-refractivity contribution in [3.8, 4) is 11.5 Å². The van der Waals surface area contributed by atoms with Gasteiger partial charge < -0.3 is 14.6 Å². The van der Waals surface area contributed by atoms with Crippen molar-refractivity contribution in [3.05, 3.63) is 21.8 Å². The van der Waals surface area contributed by atoms with Gasteiger partial charge in [-0.05, 0) is 22.6 Å². The largest absolute Gasteiger partial charge is 0.378 e. The standard InChI is InChI=1S/C11H14IN5O/c1-13-11-9(12)7(5-18-3)15-10(16-11)8-4-14-6-17(8)2/h4,6H,5H2,1-3H3,(H,13,15,16). The fourth-order valence-electron chi connectivity index (χ4n) is 1.58. The lowest BCUT2D eigenvalue weighted by Gasteiger charge is -2.10. The molecule has 1 N–H and O–H groups in total. The van der Waals surface area contributed by atoms with Crippen molar-refractivity contribution in [1.29, 1.82) is 0 Å². The second-order valence-electron chi connectivity index (χ2n) is 3.73. The first-order chi connectivity index (χ1) is 8.67. The molecule has 0 aromatic carbocycles. The molecule has 0 fully saturated rings. The number of ether oxygens (including phenoxy) is 1. The van der Waals surface area contributed by atoms with E-state index in [1.54, 1.807) is 19.6 Å². The lowest BCUT2D eigenvalue weighted by Crippen LogP contribution is -2.07. The third-order valence-corrected chi connectivity index (χ3v) is 3.62. The lowest BCUT2D eigenvalue weighted by molar-refractivity contribution is 0.181. The van der Waals surface area contributed by atoms with E-state index in [2.05, 4.69) is 42.9 Å². The Morgan fingerprint density at radius 2 is 2.22 bits per heavy atom. The molecule has 0 aliphatic carbocycles. The van der Waals surface area contributed by atoms with Gasteiger partial charge in [-0.3, -0.25) is 0 Å². The quantitative estimate of drug-likeness (QED) is 0.842. The summed E-state index contributed by atoms with van der Waals surface area (Å²) in [5.41, 5.74) is 1.74. The van der Waals surface area contributed by atoms with Crippen LogP contribution in [0.2, 0.25) is 0 Å². The molecule has 0 amide bonds. The van der Waals surface area contributed by atoms with Crippen LogP contribution in [0.25, 0.3) is 11.5 Å². The van der Waals surface area contributed by atoms with Crippen molar-refractivity contribution >= 4 is 28.4 Å². The number of methoxy groups -OCH3 is 1. The van der Waals surface area contributed by atoms with E-state index >= 15 is 0 Å². The number of imidazole rings is 1. The summed E-state index contributed by atoms with van der Waals surface area (Å²) < 4.78 is 8.03. The highest BCUT2D eigenvalue weighted by atomic mass is 127. The number of nitrogens with one attached hydrogen (secondary N) is 1. The SMILES string of the molecule is CNc1nc(-c2cncn2C)nc(COC)c1I. The first kappa shape index (κ1) is 13.2. The Hall–Kier alpha value is -1.22. The molecule has 0 saturated heterocycles. The van der Waals surface area contributed by atoms with Crippen molar-refractivity contribution in [3.63, 3.8) is 0 Å². The summed E-state index contributed by atoms with van der Waals surface area (Å²) in [5, 5.41) is 3.07. The Balaban J connectivity index is 2.55. The van der Waals surface area contributed by atoms with E-state index in [0.29, 0.717) is 12.4 Å². The molecule has 2 heterocycles. The molecule has 2 aromatic heterocycles. The smallest absolute Gasteiger partial charge is 0.180 e. The molecular formula is C11H14IN5O. The highest BCUT2D eigenvalue weighted by Crippen LogP contribution is 2.23. The minimum Gasteiger partial charge on any atom is -0.378 e. The molecule has 0 bridgehead atoms. The number of nitrogens with zero attached hydrogens (tertiary/aromatic N) is 4. The second-order valence-corrected chi connectivity index (χ2v) is 4.81. The molecule has 2 rings (SSSR count). The van der Waals surface area contributed by atoms with Gasteiger partial charge >= 0.3 is 0 Å². The van der Waals surface area contributed by atoms with Gasteiger partial charge in [0.05, 0.1) is 28.4 Å². The normalized spacial score (nSPS) is 10.7. The van der Waals surface area contributed by atoms with Crippen molar-refractivity contribution in [2.24, 2.45) is 7.05 Å². The van der Waals surface area contributed by atoms with Crippen LogP contribution in [0.1, 0.15) is 5.69 Å². The predicted molar refractivity (Wildman–Crippen MR) is 77.2 cm³/mol. The maximum absolute atomic E-state index is 5.17. The molecular weight excluding hydrogens is 345 g/mol. The van der Waals surface area contributed by atoms with Gasteiger partial charge in [-0.15, -0.1) is 0 Å². The van der Waals surface area contributed by atoms with Gasteiger partial charge in [0, 0.05) is 21.2 Å². The Morgan fingerprint density at radius 3 is 2.78 bits per heavy atom. The van der Waals surface area contributed by atoms with E-state index in [9.17, 15) is 0 Å². The highest BCUT2D eigenvalue weighted by molar-refractivity contribution is 14.1. The summed E-state index contributed by atoms with van der Waals surface area (Å²) in [4.78, 5) is 13.1. The van der Waals surface area contributed by atoms with Gasteiger partial charge in [-0.2, -0.15) is 0 Å². The number of aryl methyl sites for hydroxylation is 1. The van der Waals surface area contributed by atoms with E-state index in [4.69, 9.17) is 4.74 Å². The summed E-state index contributed by atoms with van der Waals surface area (Å²) in [6.07, 6.45) is 3.48. The molecule has 0 saturated carbocycles. The van der Waals surface area contributed by atoms with Crippen LogP contribution in [0.4, 0.5) is 5.82 Å². The van der Waals surface area contributed by atoms with Gasteiger partial charge in [-0.25, -0.2) is 15.0 Å². The van der Waals surface area contributed by atoms with Crippen LogP contribution in [0.15, 0.2) is 12.5 Å². The Kier molecular flexibility index (Phi) is 4.12. The number of hydrogen-bond donors (Lipinski definition) is 1. The van der Waals surface area contributed by atoms with Gasteiger partial charge in [0.25, 0.3) is 0 Å². The van der Waals surface area contributed by atoms with E-state index < -0.39 is 0 Å². The van der Waals surface area contributed by atoms with Crippen LogP contribution in [0.5, 0.6) is 0 Å². The molecule has 0 aliphatic rings. The van der Waals surface area contributed by atoms with Gasteiger partial charge in [0.1, 0.15) is 11.5 Å². The minimum atomic E-state index is 0.459. The monoisotopic (exact) mass is 359 g/mol. The number of halogens is 1. The zero-order valence-electron chi connectivity index (χ0n) is 10.4. The number of rotatable bonds is 4. The van der Waals surface area contributed by atoms with Crippen LogP contribution >= 0.6 is 22.6 Å². The van der Waals surface area contributed by atoms with Crippen LogP contribution in [-0.4, -0.2) is 33.7 Å². The van der Waals surface area contributed by atoms with E-state index in [1.165, 1.54) is 0 Å². The molecule has 7 heteroatoms. The van der Waals surface area contributed by atoms with Gasteiger partial charge in [0.2, 0.25) is 0 Å². The van der Waals surface area contributed by atoms with E-state index in [-0.39, 0.29) is 0 Å². The maximum Gasteiger partial charge on any atom is 0.180 e. The summed E-state index contributed by atoms with van der Waals surface area (Å²) in [6, 6.07) is 0. The molecule has 0 unspecified atom stereocenters. The van der Waals surface area contributed by atoms with Crippen LogP contribution in [-0.2, 0) is 18.4 Å². The summed E-state index contributed by atoms with van der Waals surface area (Å²) >= 11 is 2.22. The first-order valence-corrected chi connectivity index (χ1v) is 6.45. The molecule has 18 heavy (non-hydrogen) atoms. The van der Waals surface area contributed by atoms with Crippen molar-refractivity contribution in [1.82, 2.24) is 19.5 Å². The number of aromatic nitrogens is 4. The Morgan fingerprint density at radius 1 is 1.44 bits per heavy atom. The fraction of sp³-hybridized carbons (Fsp3) is 0.364. The molecule has 2 aromatic rings. The highest BCUT2D eigenvalue weighted by Gasteiger charge is 2.14. The summed E-state index contributed by atoms with van der Waals surface area (Å²) in [5.74, 6) is 1.45. The maximum atomic E-state index is 5.17. The lowest BCUT2D eigenvalue weighted by atomic mass is 10.3. The van der Waals surface area contributed by atoms with Crippen molar-refractivity contribution in [2.45, 2.75) is 6.61 Å². The number of anilines is 1. The molecule has 0 spiro atoms. The van der Waals surface area contributed by atoms with Gasteiger partial charge in [-0.1, -0.05) is 0 Å². The third kappa shape index (κ3) is 2.46. The zero-order valence-corrected chi connectivity index (χ0v) is 12.6. The average Bonchev–Trinajstić information content (AvgIpc) is 2.78. The van der Waals surface area contributed by atoms with Crippen molar-refractivity contribution in [2.75, 3.05) is 19.5 Å². The molecule has 0 aliphatic heterocycles. The average molecular weight is 359 g/mol. The Bertz CT molecular complexity index is 554. The molecule has 6 nitrogen and oxygen atoms in total. The fourth-order valence-corrected chi connectivity index (χ4v) is 2.25. The second kappa shape index (κ2) is 5.61. The number of hydrogen-bond acceptors (Lipinski definition) is 5. The predicted octanol–water partition coefficient (Wildman–Crippen LogP) is 1.67. The van der Waals surface area contributed by atoms with Crippen LogP contribution in [0.3, 0.4) is 0 Å². The van der Waals surface area contributed by atoms with E-state index in [0.717, 1.165) is 20.8 Å². The van der Waals surface area contributed by atoms with Crippen molar-refractivity contribution < 1.29 is 4.74 Å². The third-order valence-electron chi connectivity index (χ3n) is 2.48.